The first-order valence-electron chi connectivity index (χ1n) is 3.71. The smallest absolute Gasteiger partial charge is 0.164 e. The molecule has 74 valence electrons. The third-order valence-electron chi connectivity index (χ3n) is 1.14. The first-order chi connectivity index (χ1) is 5.52. The number of hydrogen-bond acceptors (Lipinski definition) is 6. The van der Waals surface area contributed by atoms with Gasteiger partial charge >= 0.3 is 0 Å². The highest BCUT2D eigenvalue weighted by molar-refractivity contribution is 4.58. The summed E-state index contributed by atoms with van der Waals surface area (Å²) in [6.45, 7) is 1.56. The van der Waals surface area contributed by atoms with Crippen molar-refractivity contribution in [1.82, 2.24) is 10.6 Å². The van der Waals surface area contributed by atoms with Crippen LogP contribution < -0.4 is 10.6 Å². The standard InChI is InChI=1S/C6H16N2O4/c1-4(9)7-2-5(10)8-3-6(11)12/h4-12H,2-3H2,1H3. The summed E-state index contributed by atoms with van der Waals surface area (Å²) >= 11 is 0. The molecule has 2 atom stereocenters. The summed E-state index contributed by atoms with van der Waals surface area (Å²) < 4.78 is 0. The summed E-state index contributed by atoms with van der Waals surface area (Å²) in [5.74, 6) is 0. The molecule has 0 aromatic carbocycles. The van der Waals surface area contributed by atoms with Crippen LogP contribution in [0, 0.1) is 0 Å². The lowest BCUT2D eigenvalue weighted by Crippen LogP contribution is -2.44. The summed E-state index contributed by atoms with van der Waals surface area (Å²) in [6, 6.07) is 0. The highest BCUT2D eigenvalue weighted by Crippen LogP contribution is 1.78. The molecule has 0 spiro atoms. The Bertz CT molecular complexity index is 97.7. The Balaban J connectivity index is 3.27. The lowest BCUT2D eigenvalue weighted by atomic mass is 10.5. The van der Waals surface area contributed by atoms with Gasteiger partial charge in [-0.2, -0.15) is 0 Å². The summed E-state index contributed by atoms with van der Waals surface area (Å²) in [5.41, 5.74) is 0. The van der Waals surface area contributed by atoms with E-state index in [4.69, 9.17) is 20.4 Å². The average molecular weight is 180 g/mol. The maximum atomic E-state index is 9.04. The zero-order valence-corrected chi connectivity index (χ0v) is 6.94. The Morgan fingerprint density at radius 2 is 1.58 bits per heavy atom. The van der Waals surface area contributed by atoms with E-state index in [1.165, 1.54) is 6.92 Å². The Morgan fingerprint density at radius 3 is 2.00 bits per heavy atom. The van der Waals surface area contributed by atoms with E-state index in [-0.39, 0.29) is 13.1 Å². The molecule has 0 bridgehead atoms. The lowest BCUT2D eigenvalue weighted by molar-refractivity contribution is -0.0470. The average Bonchev–Trinajstić information content (AvgIpc) is 1.96. The van der Waals surface area contributed by atoms with Crippen molar-refractivity contribution in [2.24, 2.45) is 0 Å². The minimum absolute atomic E-state index is 0.108. The third kappa shape index (κ3) is 7.86. The molecule has 6 N–H and O–H groups in total. The van der Waals surface area contributed by atoms with Gasteiger partial charge in [-0.1, -0.05) is 0 Å². The fourth-order valence-electron chi connectivity index (χ4n) is 0.596. The second-order valence-electron chi connectivity index (χ2n) is 2.49. The molecule has 0 saturated heterocycles. The van der Waals surface area contributed by atoms with Crippen LogP contribution in [0.15, 0.2) is 0 Å². The van der Waals surface area contributed by atoms with Gasteiger partial charge < -0.3 is 20.4 Å². The maximum Gasteiger partial charge on any atom is 0.164 e. The molecule has 6 heteroatoms. The van der Waals surface area contributed by atoms with E-state index in [0.29, 0.717) is 0 Å². The van der Waals surface area contributed by atoms with E-state index in [1.807, 2.05) is 0 Å². The summed E-state index contributed by atoms with van der Waals surface area (Å²) in [4.78, 5) is 0. The van der Waals surface area contributed by atoms with Crippen molar-refractivity contribution >= 4 is 0 Å². The van der Waals surface area contributed by atoms with E-state index in [0.717, 1.165) is 0 Å². The molecule has 0 aliphatic carbocycles. The second-order valence-corrected chi connectivity index (χ2v) is 2.49. The molecular weight excluding hydrogens is 164 g/mol. The van der Waals surface area contributed by atoms with Crippen LogP contribution in [-0.2, 0) is 0 Å². The molecule has 0 aliphatic heterocycles. The maximum absolute atomic E-state index is 9.04. The summed E-state index contributed by atoms with van der Waals surface area (Å²) in [5, 5.41) is 39.5. The van der Waals surface area contributed by atoms with Crippen molar-refractivity contribution in [2.45, 2.75) is 25.7 Å². The molecule has 0 aromatic rings. The molecule has 0 aliphatic rings. The fraction of sp³-hybridized carbons (Fsp3) is 1.00. The zero-order valence-electron chi connectivity index (χ0n) is 6.94. The second kappa shape index (κ2) is 6.30. The van der Waals surface area contributed by atoms with E-state index < -0.39 is 18.7 Å². The van der Waals surface area contributed by atoms with Crippen molar-refractivity contribution in [1.29, 1.82) is 0 Å². The number of rotatable bonds is 6. The van der Waals surface area contributed by atoms with E-state index >= 15 is 0 Å². The van der Waals surface area contributed by atoms with Crippen molar-refractivity contribution < 1.29 is 20.4 Å². The molecule has 2 unspecified atom stereocenters. The van der Waals surface area contributed by atoms with Gasteiger partial charge in [-0.3, -0.25) is 10.6 Å². The number of aliphatic hydroxyl groups is 4. The van der Waals surface area contributed by atoms with Crippen LogP contribution in [0.5, 0.6) is 0 Å². The van der Waals surface area contributed by atoms with Crippen LogP contribution in [0.3, 0.4) is 0 Å². The lowest BCUT2D eigenvalue weighted by Gasteiger charge is -2.15. The van der Waals surface area contributed by atoms with Gasteiger partial charge in [0, 0.05) is 13.1 Å². The van der Waals surface area contributed by atoms with Crippen LogP contribution in [0.1, 0.15) is 6.92 Å². The van der Waals surface area contributed by atoms with Gasteiger partial charge in [0.05, 0.1) is 0 Å². The Kier molecular flexibility index (Phi) is 6.17. The SMILES string of the molecule is CC(O)NCC(O)NCC(O)O. The Labute approximate surface area is 70.8 Å². The quantitative estimate of drug-likeness (QED) is 0.246. The Hall–Kier alpha value is -0.240. The predicted molar refractivity (Wildman–Crippen MR) is 41.9 cm³/mol. The molecule has 6 nitrogen and oxygen atoms in total. The zero-order chi connectivity index (χ0) is 9.56. The van der Waals surface area contributed by atoms with Crippen molar-refractivity contribution in [2.75, 3.05) is 13.1 Å². The van der Waals surface area contributed by atoms with Crippen molar-refractivity contribution in [3.8, 4) is 0 Å². The summed E-state index contributed by atoms with van der Waals surface area (Å²) in [6.07, 6.45) is -3.08. The molecule has 0 radical (unpaired) electrons. The molecule has 12 heavy (non-hydrogen) atoms. The van der Waals surface area contributed by atoms with Crippen molar-refractivity contribution in [3.05, 3.63) is 0 Å². The topological polar surface area (TPSA) is 105 Å². The molecule has 0 heterocycles. The minimum Gasteiger partial charge on any atom is -0.379 e. The van der Waals surface area contributed by atoms with Gasteiger partial charge in [0.1, 0.15) is 12.5 Å². The van der Waals surface area contributed by atoms with Crippen LogP contribution in [-0.4, -0.2) is 52.3 Å². The fourth-order valence-corrected chi connectivity index (χ4v) is 0.596. The molecule has 0 saturated carbocycles. The van der Waals surface area contributed by atoms with Gasteiger partial charge in [-0.15, -0.1) is 0 Å². The summed E-state index contributed by atoms with van der Waals surface area (Å²) in [7, 11) is 0. The van der Waals surface area contributed by atoms with Gasteiger partial charge in [0.15, 0.2) is 6.29 Å². The van der Waals surface area contributed by atoms with E-state index in [1.54, 1.807) is 0 Å². The van der Waals surface area contributed by atoms with E-state index in [2.05, 4.69) is 10.6 Å². The monoisotopic (exact) mass is 180 g/mol. The molecule has 0 rings (SSSR count). The molecule has 0 amide bonds. The van der Waals surface area contributed by atoms with Crippen molar-refractivity contribution in [3.63, 3.8) is 0 Å². The molecule has 0 fully saturated rings. The normalized spacial score (nSPS) is 16.5. The minimum atomic E-state index is -1.48. The number of hydrogen-bond donors (Lipinski definition) is 6. The van der Waals surface area contributed by atoms with Gasteiger partial charge in [0.2, 0.25) is 0 Å². The first-order valence-corrected chi connectivity index (χ1v) is 3.71. The van der Waals surface area contributed by atoms with Crippen LogP contribution in [0.25, 0.3) is 0 Å². The van der Waals surface area contributed by atoms with Gasteiger partial charge in [-0.05, 0) is 6.92 Å². The van der Waals surface area contributed by atoms with Crippen LogP contribution in [0.4, 0.5) is 0 Å². The number of nitrogens with one attached hydrogen (secondary N) is 2. The number of aliphatic hydroxyl groups excluding tert-OH is 3. The molecule has 0 aromatic heterocycles. The van der Waals surface area contributed by atoms with Crippen LogP contribution in [0.2, 0.25) is 0 Å². The van der Waals surface area contributed by atoms with E-state index in [9.17, 15) is 0 Å². The van der Waals surface area contributed by atoms with Gasteiger partial charge in [-0.25, -0.2) is 0 Å². The first kappa shape index (κ1) is 11.8. The van der Waals surface area contributed by atoms with Gasteiger partial charge in [0.25, 0.3) is 0 Å². The molecular formula is C6H16N2O4. The Morgan fingerprint density at radius 1 is 1.00 bits per heavy atom. The highest BCUT2D eigenvalue weighted by atomic mass is 16.5. The predicted octanol–water partition coefficient (Wildman–Crippen LogP) is -2.87. The highest BCUT2D eigenvalue weighted by Gasteiger charge is 2.05. The largest absolute Gasteiger partial charge is 0.379 e. The third-order valence-corrected chi connectivity index (χ3v) is 1.14. The van der Waals surface area contributed by atoms with Crippen LogP contribution >= 0.6 is 0 Å².